The molecule has 1 N–H and O–H groups in total. The fraction of sp³-hybridized carbons (Fsp3) is 0.529. The van der Waals surface area contributed by atoms with E-state index in [1.165, 1.54) is 0 Å². The highest BCUT2D eigenvalue weighted by Crippen LogP contribution is 2.38. The van der Waals surface area contributed by atoms with Gasteiger partial charge in [0.1, 0.15) is 0 Å². The average Bonchev–Trinajstić information content (AvgIpc) is 2.99. The first-order chi connectivity index (χ1) is 11.2. The summed E-state index contributed by atoms with van der Waals surface area (Å²) in [7, 11) is 0. The van der Waals surface area contributed by atoms with Crippen molar-refractivity contribution < 1.29 is 27.9 Å². The van der Waals surface area contributed by atoms with Crippen LogP contribution in [0.1, 0.15) is 31.2 Å². The van der Waals surface area contributed by atoms with Crippen molar-refractivity contribution >= 4 is 11.9 Å². The van der Waals surface area contributed by atoms with Crippen LogP contribution in [0.3, 0.4) is 0 Å². The van der Waals surface area contributed by atoms with Gasteiger partial charge in [-0.15, -0.1) is 0 Å². The Labute approximate surface area is 138 Å². The molecule has 1 aliphatic rings. The van der Waals surface area contributed by atoms with Crippen molar-refractivity contribution in [3.63, 3.8) is 0 Å². The summed E-state index contributed by atoms with van der Waals surface area (Å²) in [4.78, 5) is 24.5. The topological polar surface area (TPSA) is 57.6 Å². The number of nitrogens with zero attached hydrogens (tertiary/aromatic N) is 1. The van der Waals surface area contributed by atoms with Gasteiger partial charge in [-0.3, -0.25) is 9.59 Å². The average molecular weight is 343 g/mol. The molecule has 2 rings (SSSR count). The molecule has 1 amide bonds. The maximum Gasteiger partial charge on any atom is 0.394 e. The van der Waals surface area contributed by atoms with Crippen LogP contribution in [0.5, 0.6) is 0 Å². The van der Waals surface area contributed by atoms with Crippen molar-refractivity contribution in [3.8, 4) is 0 Å². The minimum atomic E-state index is -4.62. The third-order valence-corrected chi connectivity index (χ3v) is 4.60. The van der Waals surface area contributed by atoms with Crippen molar-refractivity contribution in [3.05, 3.63) is 35.9 Å². The lowest BCUT2D eigenvalue weighted by Crippen LogP contribution is -2.34. The molecule has 1 fully saturated rings. The lowest BCUT2D eigenvalue weighted by Gasteiger charge is -2.21. The second kappa shape index (κ2) is 7.23. The number of halogens is 3. The van der Waals surface area contributed by atoms with E-state index in [0.29, 0.717) is 6.42 Å². The van der Waals surface area contributed by atoms with E-state index in [-0.39, 0.29) is 18.9 Å². The molecule has 1 unspecified atom stereocenters. The Kier molecular flexibility index (Phi) is 5.51. The van der Waals surface area contributed by atoms with Gasteiger partial charge in [0.15, 0.2) is 0 Å². The van der Waals surface area contributed by atoms with Crippen molar-refractivity contribution in [2.45, 2.75) is 31.9 Å². The van der Waals surface area contributed by atoms with Gasteiger partial charge in [0.25, 0.3) is 0 Å². The highest BCUT2D eigenvalue weighted by atomic mass is 19.4. The van der Waals surface area contributed by atoms with Crippen LogP contribution in [0.2, 0.25) is 0 Å². The molecule has 1 saturated heterocycles. The number of hydrogen-bond acceptors (Lipinski definition) is 2. The number of carboxylic acid groups (broad SMARTS) is 1. The van der Waals surface area contributed by atoms with Gasteiger partial charge in [-0.25, -0.2) is 0 Å². The van der Waals surface area contributed by atoms with Crippen molar-refractivity contribution in [2.24, 2.45) is 11.8 Å². The molecule has 1 aromatic carbocycles. The summed E-state index contributed by atoms with van der Waals surface area (Å²) in [6.45, 7) is 0.946. The number of rotatable bonds is 5. The number of hydrogen-bond donors (Lipinski definition) is 1. The van der Waals surface area contributed by atoms with E-state index in [2.05, 4.69) is 0 Å². The van der Waals surface area contributed by atoms with Crippen LogP contribution in [0.25, 0.3) is 0 Å². The molecule has 0 saturated carbocycles. The fourth-order valence-corrected chi connectivity index (χ4v) is 3.15. The first kappa shape index (κ1) is 18.3. The molecule has 0 aromatic heterocycles. The number of aliphatic carboxylic acids is 1. The number of carbonyl (C=O) groups excluding carboxylic acids is 1. The molecular weight excluding hydrogens is 323 g/mol. The molecule has 1 aromatic rings. The Hall–Kier alpha value is -2.05. The van der Waals surface area contributed by atoms with E-state index in [4.69, 9.17) is 5.11 Å². The van der Waals surface area contributed by atoms with Gasteiger partial charge < -0.3 is 10.0 Å². The van der Waals surface area contributed by atoms with Crippen LogP contribution in [-0.4, -0.2) is 41.1 Å². The van der Waals surface area contributed by atoms with Gasteiger partial charge in [0.2, 0.25) is 5.91 Å². The molecule has 132 valence electrons. The lowest BCUT2D eigenvalue weighted by molar-refractivity contribution is -0.188. The molecule has 0 aliphatic carbocycles. The highest BCUT2D eigenvalue weighted by Gasteiger charge is 2.53. The number of alkyl halides is 3. The number of amides is 1. The van der Waals surface area contributed by atoms with Gasteiger partial charge in [-0.2, -0.15) is 13.2 Å². The van der Waals surface area contributed by atoms with Crippen LogP contribution < -0.4 is 0 Å². The van der Waals surface area contributed by atoms with Crippen molar-refractivity contribution in [1.29, 1.82) is 0 Å². The van der Waals surface area contributed by atoms with E-state index in [1.54, 1.807) is 0 Å². The number of benzene rings is 1. The zero-order chi connectivity index (χ0) is 17.9. The third-order valence-electron chi connectivity index (χ3n) is 4.60. The summed E-state index contributed by atoms with van der Waals surface area (Å²) in [5, 5.41) is 9.01. The quantitative estimate of drug-likeness (QED) is 0.892. The largest absolute Gasteiger partial charge is 0.481 e. The number of likely N-dealkylation sites (tertiary alicyclic amines) is 1. The number of carbonyl (C=O) groups is 2. The first-order valence-electron chi connectivity index (χ1n) is 7.86. The Balaban J connectivity index is 2.08. The van der Waals surface area contributed by atoms with E-state index in [1.807, 2.05) is 37.3 Å². The van der Waals surface area contributed by atoms with Crippen LogP contribution in [0.15, 0.2) is 30.3 Å². The number of carboxylic acids is 1. The molecule has 0 bridgehead atoms. The van der Waals surface area contributed by atoms with Gasteiger partial charge in [-0.1, -0.05) is 37.3 Å². The lowest BCUT2D eigenvalue weighted by atomic mass is 9.93. The Morgan fingerprint density at radius 1 is 1.25 bits per heavy atom. The predicted molar refractivity (Wildman–Crippen MR) is 81.3 cm³/mol. The Morgan fingerprint density at radius 3 is 2.33 bits per heavy atom. The fourth-order valence-electron chi connectivity index (χ4n) is 3.15. The minimum absolute atomic E-state index is 0.0808. The summed E-state index contributed by atoms with van der Waals surface area (Å²) in [5.41, 5.74) is 0.953. The summed E-state index contributed by atoms with van der Waals surface area (Å²) in [6, 6.07) is 9.30. The molecule has 7 heteroatoms. The summed E-state index contributed by atoms with van der Waals surface area (Å²) in [6.07, 6.45) is -3.87. The van der Waals surface area contributed by atoms with Gasteiger partial charge in [0.05, 0.1) is 11.8 Å². The summed E-state index contributed by atoms with van der Waals surface area (Å²) >= 11 is 0. The SMILES string of the molecule is CCC(CC(=O)N1C[C@@H](C(F)(F)F)[C@H](C(=O)O)C1)c1ccccc1. The van der Waals surface area contributed by atoms with Crippen LogP contribution in [0, 0.1) is 11.8 Å². The summed E-state index contributed by atoms with van der Waals surface area (Å²) < 4.78 is 39.0. The van der Waals surface area contributed by atoms with E-state index in [9.17, 15) is 22.8 Å². The molecular formula is C17H20F3NO3. The van der Waals surface area contributed by atoms with E-state index < -0.39 is 36.4 Å². The van der Waals surface area contributed by atoms with Crippen LogP contribution in [0.4, 0.5) is 13.2 Å². The molecule has 1 aliphatic heterocycles. The normalized spacial score (nSPS) is 22.4. The van der Waals surface area contributed by atoms with Crippen molar-refractivity contribution in [1.82, 2.24) is 4.90 Å². The maximum atomic E-state index is 13.0. The second-order valence-electron chi connectivity index (χ2n) is 6.11. The smallest absolute Gasteiger partial charge is 0.394 e. The molecule has 24 heavy (non-hydrogen) atoms. The summed E-state index contributed by atoms with van der Waals surface area (Å²) in [5.74, 6) is -5.63. The molecule has 1 heterocycles. The Bertz CT molecular complexity index is 588. The van der Waals surface area contributed by atoms with Gasteiger partial charge in [0, 0.05) is 19.5 Å². The van der Waals surface area contributed by atoms with Gasteiger partial charge >= 0.3 is 12.1 Å². The van der Waals surface area contributed by atoms with Gasteiger partial charge in [-0.05, 0) is 17.9 Å². The van der Waals surface area contributed by atoms with Crippen molar-refractivity contribution in [2.75, 3.05) is 13.1 Å². The van der Waals surface area contributed by atoms with E-state index >= 15 is 0 Å². The maximum absolute atomic E-state index is 13.0. The molecule has 3 atom stereocenters. The zero-order valence-corrected chi connectivity index (χ0v) is 13.3. The van der Waals surface area contributed by atoms with E-state index in [0.717, 1.165) is 10.5 Å². The standard InChI is InChI=1S/C17H20F3NO3/c1-2-11(12-6-4-3-5-7-12)8-15(22)21-9-13(16(23)24)14(10-21)17(18,19)20/h3-7,11,13-14H,2,8-10H2,1H3,(H,23,24)/t11?,13-,14-/m1/s1. The molecule has 0 radical (unpaired) electrons. The Morgan fingerprint density at radius 2 is 1.88 bits per heavy atom. The second-order valence-corrected chi connectivity index (χ2v) is 6.11. The van der Waals surface area contributed by atoms with Crippen LogP contribution >= 0.6 is 0 Å². The highest BCUT2D eigenvalue weighted by molar-refractivity contribution is 5.79. The predicted octanol–water partition coefficient (Wildman–Crippen LogP) is 3.29. The molecule has 4 nitrogen and oxygen atoms in total. The third kappa shape index (κ3) is 4.07. The molecule has 0 spiro atoms. The van der Waals surface area contributed by atoms with Crippen LogP contribution in [-0.2, 0) is 9.59 Å². The monoisotopic (exact) mass is 343 g/mol. The minimum Gasteiger partial charge on any atom is -0.481 e. The first-order valence-corrected chi connectivity index (χ1v) is 7.86. The zero-order valence-electron chi connectivity index (χ0n) is 13.3.